The van der Waals surface area contributed by atoms with Crippen molar-refractivity contribution in [2.24, 2.45) is 0 Å². The molecular formula is C54H34N2S2. The zero-order chi connectivity index (χ0) is 38.2. The second kappa shape index (κ2) is 13.4. The Bertz CT molecular complexity index is 3480. The van der Waals surface area contributed by atoms with Gasteiger partial charge in [0.15, 0.2) is 0 Å². The minimum Gasteiger partial charge on any atom is -0.309 e. The molecule has 9 aromatic carbocycles. The highest BCUT2D eigenvalue weighted by Gasteiger charge is 2.18. The second-order valence-electron chi connectivity index (χ2n) is 14.9. The van der Waals surface area contributed by atoms with Gasteiger partial charge in [0, 0.05) is 62.9 Å². The fourth-order valence-corrected chi connectivity index (χ4v) is 10.9. The van der Waals surface area contributed by atoms with Crippen molar-refractivity contribution in [2.45, 2.75) is 9.79 Å². The van der Waals surface area contributed by atoms with E-state index in [-0.39, 0.29) is 0 Å². The van der Waals surface area contributed by atoms with Gasteiger partial charge in [-0.3, -0.25) is 0 Å². The Morgan fingerprint density at radius 3 is 1.38 bits per heavy atom. The van der Waals surface area contributed by atoms with Crippen molar-refractivity contribution in [1.29, 1.82) is 0 Å². The van der Waals surface area contributed by atoms with Crippen molar-refractivity contribution in [1.82, 2.24) is 9.13 Å². The molecule has 12 rings (SSSR count). The summed E-state index contributed by atoms with van der Waals surface area (Å²) in [5, 5.41) is 7.67. The standard InChI is InChI=1S/C54H34N2S2/c1-3-13-35(14-4-1)37-29-38(36-15-5-2-6-16-36)31-40(30-37)56-50-21-11-8-18-44(50)47-34-42(25-27-52(47)56)57-41-24-26-51-46(33-41)43-17-7-10-20-49(43)55(51)39-23-28-54-48(32-39)45-19-9-12-22-53(45)58-54/h1-34H. The first-order chi connectivity index (χ1) is 28.7. The van der Waals surface area contributed by atoms with Crippen molar-refractivity contribution < 1.29 is 0 Å². The zero-order valence-electron chi connectivity index (χ0n) is 31.3. The smallest absolute Gasteiger partial charge is 0.0541 e. The van der Waals surface area contributed by atoms with Gasteiger partial charge in [-0.15, -0.1) is 11.3 Å². The highest BCUT2D eigenvalue weighted by Crippen LogP contribution is 2.42. The van der Waals surface area contributed by atoms with E-state index in [0.717, 1.165) is 5.69 Å². The van der Waals surface area contributed by atoms with Gasteiger partial charge in [0.05, 0.1) is 22.1 Å². The van der Waals surface area contributed by atoms with E-state index < -0.39 is 0 Å². The van der Waals surface area contributed by atoms with Crippen molar-refractivity contribution in [3.63, 3.8) is 0 Å². The Morgan fingerprint density at radius 1 is 0.293 bits per heavy atom. The number of hydrogen-bond acceptors (Lipinski definition) is 2. The topological polar surface area (TPSA) is 9.86 Å². The summed E-state index contributed by atoms with van der Waals surface area (Å²) in [6.07, 6.45) is 0. The molecule has 0 saturated heterocycles. The normalized spacial score (nSPS) is 11.9. The molecule has 58 heavy (non-hydrogen) atoms. The molecule has 4 heteroatoms. The average Bonchev–Trinajstić information content (AvgIpc) is 3.94. The highest BCUT2D eigenvalue weighted by atomic mass is 32.2. The van der Waals surface area contributed by atoms with Crippen LogP contribution >= 0.6 is 23.1 Å². The fraction of sp³-hybridized carbons (Fsp3) is 0. The minimum absolute atomic E-state index is 1.15. The van der Waals surface area contributed by atoms with Crippen LogP contribution in [0.4, 0.5) is 0 Å². The van der Waals surface area contributed by atoms with Crippen molar-refractivity contribution in [2.75, 3.05) is 0 Å². The van der Waals surface area contributed by atoms with E-state index in [9.17, 15) is 0 Å². The SMILES string of the molecule is c1ccc(-c2cc(-c3ccccc3)cc(-n3c4ccccc4c4cc(Sc5ccc6c(c5)c5ccccc5n6-c5ccc6sc7ccccc7c6c5)ccc43)c2)cc1. The third-order valence-corrected chi connectivity index (χ3v) is 13.7. The number of fused-ring (bicyclic) bond motifs is 9. The Kier molecular flexibility index (Phi) is 7.68. The van der Waals surface area contributed by atoms with Crippen molar-refractivity contribution in [3.8, 4) is 33.6 Å². The minimum atomic E-state index is 1.15. The number of aromatic nitrogens is 2. The van der Waals surface area contributed by atoms with E-state index in [0.29, 0.717) is 0 Å². The lowest BCUT2D eigenvalue weighted by atomic mass is 9.98. The Labute approximate surface area is 343 Å². The monoisotopic (exact) mass is 774 g/mol. The van der Waals surface area contributed by atoms with Gasteiger partial charge < -0.3 is 9.13 Å². The van der Waals surface area contributed by atoms with E-state index >= 15 is 0 Å². The summed E-state index contributed by atoms with van der Waals surface area (Å²) in [4.78, 5) is 2.44. The maximum absolute atomic E-state index is 2.44. The van der Waals surface area contributed by atoms with E-state index in [2.05, 4.69) is 215 Å². The highest BCUT2D eigenvalue weighted by molar-refractivity contribution is 7.99. The first kappa shape index (κ1) is 33.3. The lowest BCUT2D eigenvalue weighted by molar-refractivity contribution is 1.18. The molecule has 0 radical (unpaired) electrons. The molecule has 0 saturated carbocycles. The van der Waals surface area contributed by atoms with Crippen molar-refractivity contribution >= 4 is 86.9 Å². The summed E-state index contributed by atoms with van der Waals surface area (Å²) in [5.41, 5.74) is 12.0. The van der Waals surface area contributed by atoms with Crippen LogP contribution in [0.1, 0.15) is 0 Å². The van der Waals surface area contributed by atoms with Crippen LogP contribution in [0.2, 0.25) is 0 Å². The van der Waals surface area contributed by atoms with E-state index in [1.54, 1.807) is 0 Å². The predicted octanol–water partition coefficient (Wildman–Crippen LogP) is 15.7. The lowest BCUT2D eigenvalue weighted by Gasteiger charge is -2.14. The van der Waals surface area contributed by atoms with E-state index in [1.807, 2.05) is 23.1 Å². The molecule has 0 aliphatic heterocycles. The third-order valence-electron chi connectivity index (χ3n) is 11.5. The number of nitrogens with zero attached hydrogens (tertiary/aromatic N) is 2. The van der Waals surface area contributed by atoms with Gasteiger partial charge in [-0.2, -0.15) is 0 Å². The molecule has 0 fully saturated rings. The molecule has 0 unspecified atom stereocenters. The van der Waals surface area contributed by atoms with Crippen LogP contribution in [0.3, 0.4) is 0 Å². The fourth-order valence-electron chi connectivity index (χ4n) is 8.91. The quantitative estimate of drug-likeness (QED) is 0.164. The maximum Gasteiger partial charge on any atom is 0.0541 e. The molecule has 12 aromatic rings. The molecular weight excluding hydrogens is 741 g/mol. The second-order valence-corrected chi connectivity index (χ2v) is 17.2. The number of para-hydroxylation sites is 2. The van der Waals surface area contributed by atoms with Crippen LogP contribution in [0.15, 0.2) is 216 Å². The summed E-state index contributed by atoms with van der Waals surface area (Å²) in [6, 6.07) is 75.7. The molecule has 2 nitrogen and oxygen atoms in total. The van der Waals surface area contributed by atoms with Gasteiger partial charge in [0.2, 0.25) is 0 Å². The van der Waals surface area contributed by atoms with Crippen LogP contribution in [-0.4, -0.2) is 9.13 Å². The van der Waals surface area contributed by atoms with Crippen LogP contribution in [0.25, 0.3) is 97.4 Å². The number of rotatable bonds is 6. The lowest BCUT2D eigenvalue weighted by Crippen LogP contribution is -1.96. The van der Waals surface area contributed by atoms with Gasteiger partial charge in [-0.05, 0) is 113 Å². The Hall–Kier alpha value is -6.85. The first-order valence-corrected chi connectivity index (χ1v) is 21.3. The number of thiophene rings is 1. The summed E-state index contributed by atoms with van der Waals surface area (Å²) >= 11 is 3.70. The third kappa shape index (κ3) is 5.41. The molecule has 272 valence electrons. The molecule has 0 N–H and O–H groups in total. The molecule has 0 spiro atoms. The van der Waals surface area contributed by atoms with Crippen LogP contribution in [-0.2, 0) is 0 Å². The van der Waals surface area contributed by atoms with Gasteiger partial charge in [-0.1, -0.05) is 127 Å². The Morgan fingerprint density at radius 2 is 0.776 bits per heavy atom. The van der Waals surface area contributed by atoms with Crippen LogP contribution in [0.5, 0.6) is 0 Å². The summed E-state index contributed by atoms with van der Waals surface area (Å²) in [5.74, 6) is 0. The van der Waals surface area contributed by atoms with E-state index in [4.69, 9.17) is 0 Å². The molecule has 0 aliphatic rings. The summed E-state index contributed by atoms with van der Waals surface area (Å²) < 4.78 is 7.52. The zero-order valence-corrected chi connectivity index (χ0v) is 33.0. The van der Waals surface area contributed by atoms with Crippen LogP contribution in [0, 0.1) is 0 Å². The molecule has 0 aliphatic carbocycles. The van der Waals surface area contributed by atoms with Crippen molar-refractivity contribution in [3.05, 3.63) is 206 Å². The summed E-state index contributed by atoms with van der Waals surface area (Å²) in [6.45, 7) is 0. The predicted molar refractivity (Wildman–Crippen MR) is 249 cm³/mol. The van der Waals surface area contributed by atoms with Gasteiger partial charge in [0.1, 0.15) is 0 Å². The van der Waals surface area contributed by atoms with Gasteiger partial charge >= 0.3 is 0 Å². The average molecular weight is 775 g/mol. The molecule has 3 heterocycles. The maximum atomic E-state index is 2.44. The van der Waals surface area contributed by atoms with E-state index in [1.165, 1.54) is 102 Å². The number of hydrogen-bond donors (Lipinski definition) is 0. The molecule has 0 atom stereocenters. The molecule has 3 aromatic heterocycles. The number of benzene rings is 9. The molecule has 0 amide bonds. The van der Waals surface area contributed by atoms with Crippen LogP contribution < -0.4 is 0 Å². The molecule has 0 bridgehead atoms. The van der Waals surface area contributed by atoms with Gasteiger partial charge in [-0.25, -0.2) is 0 Å². The Balaban J connectivity index is 0.968. The first-order valence-electron chi connectivity index (χ1n) is 19.7. The largest absolute Gasteiger partial charge is 0.309 e. The van der Waals surface area contributed by atoms with Gasteiger partial charge in [0.25, 0.3) is 0 Å². The summed E-state index contributed by atoms with van der Waals surface area (Å²) in [7, 11) is 0.